The lowest BCUT2D eigenvalue weighted by atomic mass is 9.83. The van der Waals surface area contributed by atoms with Gasteiger partial charge in [-0.1, -0.05) is 34.7 Å². The summed E-state index contributed by atoms with van der Waals surface area (Å²) in [7, 11) is 0. The van der Waals surface area contributed by atoms with Crippen molar-refractivity contribution in [3.05, 3.63) is 65.5 Å². The summed E-state index contributed by atoms with van der Waals surface area (Å²) in [4.78, 5) is 24.5. The molecule has 0 bridgehead atoms. The number of furan rings is 1. The molecule has 144 valence electrons. The summed E-state index contributed by atoms with van der Waals surface area (Å²) in [6, 6.07) is 8.78. The topological polar surface area (TPSA) is 91.6 Å². The van der Waals surface area contributed by atoms with Crippen LogP contribution in [0.3, 0.4) is 0 Å². The Labute approximate surface area is 175 Å². The molecule has 1 aromatic carbocycles. The summed E-state index contributed by atoms with van der Waals surface area (Å²) in [6.45, 7) is 0.834. The molecule has 0 radical (unpaired) electrons. The molecular formula is C21H19IN2O4. The van der Waals surface area contributed by atoms with E-state index in [1.807, 2.05) is 30.4 Å². The molecule has 28 heavy (non-hydrogen) atoms. The number of fused-ring (bicyclic) bond motifs is 1. The Morgan fingerprint density at radius 1 is 1.29 bits per heavy atom. The van der Waals surface area contributed by atoms with Crippen molar-refractivity contribution in [1.29, 1.82) is 0 Å². The molecule has 2 atom stereocenters. The van der Waals surface area contributed by atoms with Crippen molar-refractivity contribution in [3.8, 4) is 17.1 Å². The Kier molecular flexibility index (Phi) is 5.36. The van der Waals surface area contributed by atoms with Crippen LogP contribution < -0.4 is 10.6 Å². The molecule has 1 fully saturated rings. The maximum atomic E-state index is 12.4. The van der Waals surface area contributed by atoms with Gasteiger partial charge in [-0.25, -0.2) is 0 Å². The normalized spacial score (nSPS) is 21.6. The monoisotopic (exact) mass is 490 g/mol. The Hall–Kier alpha value is -2.39. The maximum Gasteiger partial charge on any atom is 0.257 e. The molecule has 2 heterocycles. The van der Waals surface area contributed by atoms with Crippen LogP contribution >= 0.6 is 22.6 Å². The van der Waals surface area contributed by atoms with Crippen molar-refractivity contribution in [1.82, 2.24) is 10.6 Å². The minimum atomic E-state index is -0.425. The Morgan fingerprint density at radius 2 is 2.14 bits per heavy atom. The zero-order valence-corrected chi connectivity index (χ0v) is 17.1. The van der Waals surface area contributed by atoms with Crippen LogP contribution in [0.1, 0.15) is 12.0 Å². The van der Waals surface area contributed by atoms with Gasteiger partial charge in [0.05, 0.1) is 12.2 Å². The van der Waals surface area contributed by atoms with E-state index in [9.17, 15) is 14.7 Å². The fourth-order valence-electron chi connectivity index (χ4n) is 3.59. The van der Waals surface area contributed by atoms with Gasteiger partial charge < -0.3 is 14.8 Å². The number of aromatic hydroxyl groups is 1. The number of alkyl halides is 1. The molecule has 2 aromatic rings. The maximum absolute atomic E-state index is 12.4. The van der Waals surface area contributed by atoms with Crippen LogP contribution in [0.25, 0.3) is 11.3 Å². The lowest BCUT2D eigenvalue weighted by Crippen LogP contribution is -2.47. The van der Waals surface area contributed by atoms with Crippen LogP contribution in [0.4, 0.5) is 0 Å². The average molecular weight is 490 g/mol. The first-order valence-corrected chi connectivity index (χ1v) is 10.3. The number of halogens is 1. The number of imide groups is 1. The summed E-state index contributed by atoms with van der Waals surface area (Å²) < 4.78 is 5.75. The average Bonchev–Trinajstić information content (AvgIpc) is 3.18. The van der Waals surface area contributed by atoms with E-state index < -0.39 is 5.92 Å². The van der Waals surface area contributed by atoms with Crippen molar-refractivity contribution in [2.45, 2.75) is 16.9 Å². The van der Waals surface area contributed by atoms with Gasteiger partial charge in [0.15, 0.2) is 0 Å². The number of amides is 2. The van der Waals surface area contributed by atoms with Gasteiger partial charge in [-0.2, -0.15) is 0 Å². The third-order valence-corrected chi connectivity index (χ3v) is 5.80. The second-order valence-corrected chi connectivity index (χ2v) is 8.41. The van der Waals surface area contributed by atoms with E-state index in [1.165, 1.54) is 0 Å². The van der Waals surface area contributed by atoms with E-state index in [2.05, 4.69) is 33.2 Å². The van der Waals surface area contributed by atoms with E-state index in [0.29, 0.717) is 24.4 Å². The molecule has 6 nitrogen and oxygen atoms in total. The second-order valence-electron chi connectivity index (χ2n) is 6.81. The van der Waals surface area contributed by atoms with Crippen LogP contribution in [0.5, 0.6) is 5.75 Å². The number of carbonyl (C=O) groups is 2. The number of piperidine rings is 1. The van der Waals surface area contributed by atoms with E-state index in [4.69, 9.17) is 4.42 Å². The summed E-state index contributed by atoms with van der Waals surface area (Å²) >= 11 is 2.31. The minimum Gasteiger partial charge on any atom is -0.508 e. The fourth-order valence-corrected chi connectivity index (χ4v) is 4.23. The van der Waals surface area contributed by atoms with Gasteiger partial charge in [0.2, 0.25) is 5.91 Å². The first-order chi connectivity index (χ1) is 13.5. The summed E-state index contributed by atoms with van der Waals surface area (Å²) in [5.74, 6) is -0.143. The highest BCUT2D eigenvalue weighted by Crippen LogP contribution is 2.32. The van der Waals surface area contributed by atoms with Gasteiger partial charge in [0, 0.05) is 28.2 Å². The number of phenols is 1. The Morgan fingerprint density at radius 3 is 2.93 bits per heavy atom. The van der Waals surface area contributed by atoms with Crippen molar-refractivity contribution in [2.24, 2.45) is 5.92 Å². The number of allylic oxidation sites excluding steroid dienone is 2. The van der Waals surface area contributed by atoms with Gasteiger partial charge in [-0.3, -0.25) is 14.9 Å². The van der Waals surface area contributed by atoms with Gasteiger partial charge in [0.25, 0.3) is 5.91 Å². The van der Waals surface area contributed by atoms with Crippen molar-refractivity contribution < 1.29 is 19.1 Å². The molecule has 1 aliphatic carbocycles. The third kappa shape index (κ3) is 3.77. The number of nitrogens with one attached hydrogen (secondary N) is 2. The lowest BCUT2D eigenvalue weighted by molar-refractivity contribution is -0.131. The number of hydrogen-bond acceptors (Lipinski definition) is 5. The van der Waals surface area contributed by atoms with Gasteiger partial charge >= 0.3 is 0 Å². The molecular weight excluding hydrogens is 471 g/mol. The Balaban J connectivity index is 1.51. The molecule has 3 N–H and O–H groups in total. The van der Waals surface area contributed by atoms with E-state index in [0.717, 1.165) is 23.1 Å². The van der Waals surface area contributed by atoms with Crippen LogP contribution in [-0.4, -0.2) is 27.4 Å². The highest BCUT2D eigenvalue weighted by Gasteiger charge is 2.36. The largest absolute Gasteiger partial charge is 0.508 e. The molecule has 1 aliphatic heterocycles. The molecule has 1 saturated heterocycles. The van der Waals surface area contributed by atoms with Crippen molar-refractivity contribution in [2.75, 3.05) is 6.54 Å². The lowest BCUT2D eigenvalue weighted by Gasteiger charge is -2.29. The molecule has 2 amide bonds. The zero-order chi connectivity index (χ0) is 19.7. The van der Waals surface area contributed by atoms with Crippen LogP contribution in [0.15, 0.2) is 64.3 Å². The second kappa shape index (κ2) is 7.92. The van der Waals surface area contributed by atoms with Crippen molar-refractivity contribution >= 4 is 34.4 Å². The Bertz CT molecular complexity index is 978. The fraction of sp³-hybridized carbons (Fsp3) is 0.238. The zero-order valence-electron chi connectivity index (χ0n) is 14.9. The van der Waals surface area contributed by atoms with Gasteiger partial charge in [-0.05, 0) is 47.9 Å². The highest BCUT2D eigenvalue weighted by molar-refractivity contribution is 14.1. The molecule has 4 rings (SSSR count). The van der Waals surface area contributed by atoms with Crippen LogP contribution in [0, 0.1) is 5.92 Å². The molecule has 1 aromatic heterocycles. The standard InChI is InChI=1S/C21H19IN2O4/c22-13-3-5-16-17(9-13)18(21(27)24-20(16)26)11-23-10-12-8-14(25)4-6-15(12)19-2-1-7-28-19/h1-2,4-9,13,18,23,25H,3,10-11H2,(H,24,26,27). The summed E-state index contributed by atoms with van der Waals surface area (Å²) in [6.07, 6.45) is 6.32. The smallest absolute Gasteiger partial charge is 0.257 e. The molecule has 7 heteroatoms. The number of carbonyl (C=O) groups excluding carboxylic acids is 2. The number of benzene rings is 1. The third-order valence-electron chi connectivity index (χ3n) is 4.93. The molecule has 2 aliphatic rings. The predicted octanol–water partition coefficient (Wildman–Crippen LogP) is 3.07. The SMILES string of the molecule is O=C1NC(=O)C(CNCc2cc(O)ccc2-c2ccco2)C2=CC(I)CC=C12. The summed E-state index contributed by atoms with van der Waals surface area (Å²) in [5, 5.41) is 15.6. The predicted molar refractivity (Wildman–Crippen MR) is 113 cm³/mol. The summed E-state index contributed by atoms with van der Waals surface area (Å²) in [5.41, 5.74) is 3.15. The van der Waals surface area contributed by atoms with Gasteiger partial charge in [-0.15, -0.1) is 0 Å². The van der Waals surface area contributed by atoms with E-state index in [1.54, 1.807) is 18.4 Å². The number of rotatable bonds is 5. The van der Waals surface area contributed by atoms with Crippen LogP contribution in [-0.2, 0) is 16.1 Å². The quantitative estimate of drug-likeness (QED) is 0.341. The number of phenolic OH excluding ortho intramolecular Hbond substituents is 1. The number of hydrogen-bond donors (Lipinski definition) is 3. The first kappa shape index (κ1) is 18.9. The van der Waals surface area contributed by atoms with Crippen LogP contribution in [0.2, 0.25) is 0 Å². The first-order valence-electron chi connectivity index (χ1n) is 9.01. The van der Waals surface area contributed by atoms with Crippen molar-refractivity contribution in [3.63, 3.8) is 0 Å². The van der Waals surface area contributed by atoms with E-state index >= 15 is 0 Å². The molecule has 0 spiro atoms. The molecule has 2 unspecified atom stereocenters. The van der Waals surface area contributed by atoms with E-state index in [-0.39, 0.29) is 21.5 Å². The molecule has 0 saturated carbocycles. The highest BCUT2D eigenvalue weighted by atomic mass is 127. The van der Waals surface area contributed by atoms with Gasteiger partial charge in [0.1, 0.15) is 11.5 Å². The minimum absolute atomic E-state index is 0.168.